The van der Waals surface area contributed by atoms with Crippen LogP contribution in [0.15, 0.2) is 35.5 Å². The van der Waals surface area contributed by atoms with Crippen LogP contribution >= 0.6 is 11.8 Å². The van der Waals surface area contributed by atoms with Gasteiger partial charge in [0.1, 0.15) is 11.0 Å². The van der Waals surface area contributed by atoms with E-state index in [9.17, 15) is 10.1 Å². The number of thioether (sulfide) groups is 1. The third kappa shape index (κ3) is 3.26. The molecule has 76 valence electrons. The molecule has 0 saturated carbocycles. The van der Waals surface area contributed by atoms with Crippen LogP contribution in [0.5, 0.6) is 0 Å². The van der Waals surface area contributed by atoms with Gasteiger partial charge in [-0.05, 0) is 12.1 Å². The van der Waals surface area contributed by atoms with Gasteiger partial charge >= 0.3 is 0 Å². The zero-order valence-corrected chi connectivity index (χ0v) is 8.40. The van der Waals surface area contributed by atoms with Gasteiger partial charge in [0.25, 0.3) is 0 Å². The van der Waals surface area contributed by atoms with Crippen molar-refractivity contribution in [3.63, 3.8) is 0 Å². The Hall–Kier alpha value is -1.23. The zero-order chi connectivity index (χ0) is 10.4. The number of rotatable bonds is 6. The molecular weight excluding hydrogens is 202 g/mol. The van der Waals surface area contributed by atoms with E-state index in [1.807, 2.05) is 0 Å². The van der Waals surface area contributed by atoms with Gasteiger partial charge < -0.3 is 4.42 Å². The highest BCUT2D eigenvalue weighted by atomic mass is 32.2. The number of nitrogens with zero attached hydrogens (tertiary/aromatic N) is 1. The molecule has 1 aromatic heterocycles. The number of nitro groups is 1. The van der Waals surface area contributed by atoms with E-state index >= 15 is 0 Å². The normalized spacial score (nSPS) is 12.3. The van der Waals surface area contributed by atoms with Gasteiger partial charge in [0.05, 0.1) is 6.26 Å². The van der Waals surface area contributed by atoms with Crippen molar-refractivity contribution in [1.82, 2.24) is 0 Å². The molecule has 5 heteroatoms. The van der Waals surface area contributed by atoms with Gasteiger partial charge in [0.2, 0.25) is 6.54 Å². The fourth-order valence-electron chi connectivity index (χ4n) is 1.02. The van der Waals surface area contributed by atoms with Gasteiger partial charge in [-0.1, -0.05) is 6.08 Å². The molecule has 0 spiro atoms. The van der Waals surface area contributed by atoms with E-state index in [4.69, 9.17) is 4.42 Å². The molecule has 0 bridgehead atoms. The summed E-state index contributed by atoms with van der Waals surface area (Å²) in [7, 11) is 0. The average molecular weight is 213 g/mol. The summed E-state index contributed by atoms with van der Waals surface area (Å²) >= 11 is 1.45. The molecule has 1 unspecified atom stereocenters. The Labute approximate surface area is 86.1 Å². The highest BCUT2D eigenvalue weighted by molar-refractivity contribution is 7.99. The lowest BCUT2D eigenvalue weighted by molar-refractivity contribution is -0.480. The molecule has 1 rings (SSSR count). The summed E-state index contributed by atoms with van der Waals surface area (Å²) in [5.74, 6) is 1.33. The summed E-state index contributed by atoms with van der Waals surface area (Å²) in [4.78, 5) is 10.1. The molecular formula is C9H11NO3S. The van der Waals surface area contributed by atoms with Crippen LogP contribution in [0.25, 0.3) is 0 Å². The molecule has 0 radical (unpaired) electrons. The van der Waals surface area contributed by atoms with Crippen molar-refractivity contribution in [3.8, 4) is 0 Å². The SMILES string of the molecule is C=CCSC(C[N+](=O)[O-])c1ccco1. The quantitative estimate of drug-likeness (QED) is 0.414. The lowest BCUT2D eigenvalue weighted by atomic mass is 10.3. The van der Waals surface area contributed by atoms with Crippen molar-refractivity contribution < 1.29 is 9.34 Å². The minimum absolute atomic E-state index is 0.119. The van der Waals surface area contributed by atoms with Gasteiger partial charge in [0, 0.05) is 10.7 Å². The smallest absolute Gasteiger partial charge is 0.222 e. The number of furan rings is 1. The van der Waals surface area contributed by atoms with Crippen LogP contribution in [0.4, 0.5) is 0 Å². The first kappa shape index (κ1) is 10.8. The Morgan fingerprint density at radius 3 is 3.07 bits per heavy atom. The average Bonchev–Trinajstić information content (AvgIpc) is 2.64. The van der Waals surface area contributed by atoms with Crippen molar-refractivity contribution in [3.05, 3.63) is 46.9 Å². The van der Waals surface area contributed by atoms with Gasteiger partial charge in [-0.2, -0.15) is 0 Å². The minimum Gasteiger partial charge on any atom is -0.468 e. The van der Waals surface area contributed by atoms with Gasteiger partial charge in [-0.25, -0.2) is 0 Å². The molecule has 0 amide bonds. The second-order valence-electron chi connectivity index (χ2n) is 2.64. The van der Waals surface area contributed by atoms with Crippen LogP contribution in [0, 0.1) is 10.1 Å². The molecule has 0 aliphatic heterocycles. The lowest BCUT2D eigenvalue weighted by Gasteiger charge is -2.07. The third-order valence-corrected chi connectivity index (χ3v) is 2.80. The molecule has 0 aliphatic rings. The Balaban J connectivity index is 2.61. The molecule has 0 saturated heterocycles. The first-order valence-electron chi connectivity index (χ1n) is 4.11. The van der Waals surface area contributed by atoms with Gasteiger partial charge in [-0.15, -0.1) is 18.3 Å². The maximum atomic E-state index is 10.4. The van der Waals surface area contributed by atoms with Crippen LogP contribution in [0.3, 0.4) is 0 Å². The molecule has 1 atom stereocenters. The standard InChI is InChI=1S/C9H11NO3S/c1-2-6-14-9(7-10(11)12)8-4-3-5-13-8/h2-5,9H,1,6-7H2. The number of hydrogen-bond acceptors (Lipinski definition) is 4. The summed E-state index contributed by atoms with van der Waals surface area (Å²) in [6.45, 7) is 3.45. The van der Waals surface area contributed by atoms with Crippen molar-refractivity contribution in [2.24, 2.45) is 0 Å². The van der Waals surface area contributed by atoms with Crippen LogP contribution < -0.4 is 0 Å². The summed E-state index contributed by atoms with van der Waals surface area (Å²) in [6.07, 6.45) is 3.25. The highest BCUT2D eigenvalue weighted by Crippen LogP contribution is 2.29. The first-order valence-corrected chi connectivity index (χ1v) is 5.16. The molecule has 1 aromatic rings. The molecule has 0 aliphatic carbocycles. The maximum absolute atomic E-state index is 10.4. The van der Waals surface area contributed by atoms with Crippen LogP contribution in [0.1, 0.15) is 11.0 Å². The van der Waals surface area contributed by atoms with Crippen LogP contribution in [0.2, 0.25) is 0 Å². The minimum atomic E-state index is -0.330. The predicted octanol–water partition coefficient (Wildman–Crippen LogP) is 2.52. The van der Waals surface area contributed by atoms with E-state index in [1.54, 1.807) is 18.2 Å². The van der Waals surface area contributed by atoms with E-state index in [0.717, 1.165) is 0 Å². The molecule has 4 nitrogen and oxygen atoms in total. The Bertz CT molecular complexity index is 297. The second kappa shape index (κ2) is 5.49. The summed E-state index contributed by atoms with van der Waals surface area (Å²) in [5.41, 5.74) is 0. The molecule has 0 aromatic carbocycles. The summed E-state index contributed by atoms with van der Waals surface area (Å²) < 4.78 is 5.13. The van der Waals surface area contributed by atoms with E-state index in [1.165, 1.54) is 18.0 Å². The first-order chi connectivity index (χ1) is 6.74. The van der Waals surface area contributed by atoms with E-state index in [2.05, 4.69) is 6.58 Å². The van der Waals surface area contributed by atoms with Crippen molar-refractivity contribution in [2.75, 3.05) is 12.3 Å². The highest BCUT2D eigenvalue weighted by Gasteiger charge is 2.20. The van der Waals surface area contributed by atoms with Crippen LogP contribution in [-0.4, -0.2) is 17.2 Å². The monoisotopic (exact) mass is 213 g/mol. The second-order valence-corrected chi connectivity index (χ2v) is 3.88. The Morgan fingerprint density at radius 1 is 1.79 bits per heavy atom. The fourth-order valence-corrected chi connectivity index (χ4v) is 1.91. The van der Waals surface area contributed by atoms with Gasteiger partial charge in [-0.3, -0.25) is 10.1 Å². The number of hydrogen-bond donors (Lipinski definition) is 0. The molecule has 1 heterocycles. The van der Waals surface area contributed by atoms with Crippen molar-refractivity contribution >= 4 is 11.8 Å². The van der Waals surface area contributed by atoms with Crippen LogP contribution in [-0.2, 0) is 0 Å². The van der Waals surface area contributed by atoms with Gasteiger partial charge in [0.15, 0.2) is 0 Å². The molecule has 0 N–H and O–H groups in total. The Kier molecular flexibility index (Phi) is 4.25. The summed E-state index contributed by atoms with van der Waals surface area (Å²) in [6, 6.07) is 3.49. The molecule has 14 heavy (non-hydrogen) atoms. The van der Waals surface area contributed by atoms with Crippen molar-refractivity contribution in [1.29, 1.82) is 0 Å². The largest absolute Gasteiger partial charge is 0.468 e. The Morgan fingerprint density at radius 2 is 2.57 bits per heavy atom. The maximum Gasteiger partial charge on any atom is 0.222 e. The molecule has 0 fully saturated rings. The topological polar surface area (TPSA) is 56.3 Å². The predicted molar refractivity (Wildman–Crippen MR) is 56.0 cm³/mol. The van der Waals surface area contributed by atoms with E-state index in [-0.39, 0.29) is 16.7 Å². The van der Waals surface area contributed by atoms with E-state index in [0.29, 0.717) is 11.5 Å². The lowest BCUT2D eigenvalue weighted by Crippen LogP contribution is -2.09. The zero-order valence-electron chi connectivity index (χ0n) is 7.59. The third-order valence-electron chi connectivity index (χ3n) is 1.59. The van der Waals surface area contributed by atoms with E-state index < -0.39 is 0 Å². The fraction of sp³-hybridized carbons (Fsp3) is 0.333. The van der Waals surface area contributed by atoms with Crippen molar-refractivity contribution in [2.45, 2.75) is 5.25 Å². The summed E-state index contributed by atoms with van der Waals surface area (Å²) in [5, 5.41) is 10.2.